The standard InChI is InChI=1S/C16H27N5O3/c1-13(22)19-7-9-20(10-8-19)15(23)12-18-5-2-3-14(11-18)21-6-4-17-16(21)24/h14H,2-12H2,1H3,(H,17,24)/t14-/m1/s1. The number of carbonyl (C=O) groups excluding carboxylic acids is 3. The maximum absolute atomic E-state index is 12.5. The maximum atomic E-state index is 12.5. The molecule has 0 saturated carbocycles. The van der Waals surface area contributed by atoms with Gasteiger partial charge in [-0.15, -0.1) is 0 Å². The Hall–Kier alpha value is -1.83. The second-order valence-corrected chi connectivity index (χ2v) is 6.84. The lowest BCUT2D eigenvalue weighted by molar-refractivity contribution is -0.139. The second-order valence-electron chi connectivity index (χ2n) is 6.84. The number of nitrogens with one attached hydrogen (secondary N) is 1. The van der Waals surface area contributed by atoms with Crippen LogP contribution in [0.5, 0.6) is 0 Å². The van der Waals surface area contributed by atoms with Crippen molar-refractivity contribution in [2.45, 2.75) is 25.8 Å². The van der Waals surface area contributed by atoms with Gasteiger partial charge in [0.05, 0.1) is 6.54 Å². The quantitative estimate of drug-likeness (QED) is 0.729. The first-order valence-electron chi connectivity index (χ1n) is 8.84. The minimum Gasteiger partial charge on any atom is -0.339 e. The summed E-state index contributed by atoms with van der Waals surface area (Å²) in [7, 11) is 0. The largest absolute Gasteiger partial charge is 0.339 e. The highest BCUT2D eigenvalue weighted by molar-refractivity contribution is 5.79. The summed E-state index contributed by atoms with van der Waals surface area (Å²) in [6.45, 7) is 7.61. The Labute approximate surface area is 142 Å². The Morgan fingerprint density at radius 2 is 1.79 bits per heavy atom. The van der Waals surface area contributed by atoms with Crippen molar-refractivity contribution in [3.05, 3.63) is 0 Å². The molecular weight excluding hydrogens is 310 g/mol. The number of hydrogen-bond donors (Lipinski definition) is 1. The molecule has 0 bridgehead atoms. The van der Waals surface area contributed by atoms with Crippen LogP contribution in [0.1, 0.15) is 19.8 Å². The van der Waals surface area contributed by atoms with Gasteiger partial charge in [0.2, 0.25) is 11.8 Å². The highest BCUT2D eigenvalue weighted by Gasteiger charge is 2.32. The van der Waals surface area contributed by atoms with Crippen molar-refractivity contribution in [2.24, 2.45) is 0 Å². The molecule has 0 aromatic carbocycles. The van der Waals surface area contributed by atoms with Crippen LogP contribution >= 0.6 is 0 Å². The van der Waals surface area contributed by atoms with Crippen molar-refractivity contribution >= 4 is 17.8 Å². The molecule has 3 saturated heterocycles. The zero-order chi connectivity index (χ0) is 17.1. The molecule has 8 nitrogen and oxygen atoms in total. The van der Waals surface area contributed by atoms with E-state index in [4.69, 9.17) is 0 Å². The molecule has 1 N–H and O–H groups in total. The van der Waals surface area contributed by atoms with Gasteiger partial charge in [0.25, 0.3) is 0 Å². The lowest BCUT2D eigenvalue weighted by atomic mass is 10.0. The SMILES string of the molecule is CC(=O)N1CCN(C(=O)CN2CCC[C@@H](N3CCNC3=O)C2)CC1. The summed E-state index contributed by atoms with van der Waals surface area (Å²) < 4.78 is 0. The van der Waals surface area contributed by atoms with Gasteiger partial charge in [-0.3, -0.25) is 14.5 Å². The molecule has 1 atom stereocenters. The number of nitrogens with zero attached hydrogens (tertiary/aromatic N) is 4. The van der Waals surface area contributed by atoms with Crippen LogP contribution in [0.4, 0.5) is 4.79 Å². The molecular formula is C16H27N5O3. The molecule has 0 unspecified atom stereocenters. The summed E-state index contributed by atoms with van der Waals surface area (Å²) in [5.41, 5.74) is 0. The predicted octanol–water partition coefficient (Wildman–Crippen LogP) is -0.833. The molecule has 0 aromatic heterocycles. The van der Waals surface area contributed by atoms with Crippen molar-refractivity contribution < 1.29 is 14.4 Å². The number of urea groups is 1. The lowest BCUT2D eigenvalue weighted by Gasteiger charge is -2.39. The molecule has 0 aromatic rings. The van der Waals surface area contributed by atoms with E-state index in [1.54, 1.807) is 11.8 Å². The van der Waals surface area contributed by atoms with Crippen molar-refractivity contribution in [3.63, 3.8) is 0 Å². The Morgan fingerprint density at radius 3 is 2.42 bits per heavy atom. The van der Waals surface area contributed by atoms with E-state index in [-0.39, 0.29) is 23.9 Å². The second kappa shape index (κ2) is 7.38. The molecule has 3 aliphatic rings. The molecule has 3 aliphatic heterocycles. The maximum Gasteiger partial charge on any atom is 0.317 e. The van der Waals surface area contributed by atoms with Gasteiger partial charge in [0, 0.05) is 58.8 Å². The fraction of sp³-hybridized carbons (Fsp3) is 0.812. The van der Waals surface area contributed by atoms with Crippen molar-refractivity contribution in [1.29, 1.82) is 0 Å². The molecule has 8 heteroatoms. The van der Waals surface area contributed by atoms with Gasteiger partial charge in [-0.25, -0.2) is 4.79 Å². The Balaban J connectivity index is 1.48. The van der Waals surface area contributed by atoms with E-state index in [2.05, 4.69) is 10.2 Å². The molecule has 0 aliphatic carbocycles. The summed E-state index contributed by atoms with van der Waals surface area (Å²) in [5.74, 6) is 0.203. The predicted molar refractivity (Wildman–Crippen MR) is 88.4 cm³/mol. The number of piperidine rings is 1. The van der Waals surface area contributed by atoms with E-state index in [1.807, 2.05) is 9.80 Å². The van der Waals surface area contributed by atoms with Crippen molar-refractivity contribution in [1.82, 2.24) is 24.9 Å². The van der Waals surface area contributed by atoms with E-state index in [9.17, 15) is 14.4 Å². The molecule has 0 radical (unpaired) electrons. The summed E-state index contributed by atoms with van der Waals surface area (Å²) >= 11 is 0. The fourth-order valence-electron chi connectivity index (χ4n) is 3.83. The van der Waals surface area contributed by atoms with Crippen molar-refractivity contribution in [3.8, 4) is 0 Å². The fourth-order valence-corrected chi connectivity index (χ4v) is 3.83. The third-order valence-electron chi connectivity index (χ3n) is 5.25. The van der Waals surface area contributed by atoms with Crippen molar-refractivity contribution in [2.75, 3.05) is 58.9 Å². The van der Waals surface area contributed by atoms with Crippen LogP contribution in [0.15, 0.2) is 0 Å². The van der Waals surface area contributed by atoms with Crippen LogP contribution in [-0.2, 0) is 9.59 Å². The molecule has 24 heavy (non-hydrogen) atoms. The molecule has 4 amide bonds. The molecule has 0 spiro atoms. The smallest absolute Gasteiger partial charge is 0.317 e. The molecule has 3 rings (SSSR count). The van der Waals surface area contributed by atoms with Gasteiger partial charge < -0.3 is 20.0 Å². The number of rotatable bonds is 3. The zero-order valence-electron chi connectivity index (χ0n) is 14.4. The van der Waals surface area contributed by atoms with E-state index < -0.39 is 0 Å². The van der Waals surface area contributed by atoms with E-state index in [0.29, 0.717) is 39.3 Å². The third-order valence-corrected chi connectivity index (χ3v) is 5.25. The molecule has 3 heterocycles. The number of hydrogen-bond acceptors (Lipinski definition) is 4. The third kappa shape index (κ3) is 3.80. The summed E-state index contributed by atoms with van der Waals surface area (Å²) in [4.78, 5) is 43.4. The molecule has 134 valence electrons. The highest BCUT2D eigenvalue weighted by atomic mass is 16.2. The summed E-state index contributed by atoms with van der Waals surface area (Å²) in [5, 5.41) is 2.85. The van der Waals surface area contributed by atoms with Crippen LogP contribution in [0.25, 0.3) is 0 Å². The number of piperazine rings is 1. The van der Waals surface area contributed by atoms with Gasteiger partial charge in [0.1, 0.15) is 0 Å². The number of carbonyl (C=O) groups is 3. The van der Waals surface area contributed by atoms with Crippen LogP contribution in [-0.4, -0.2) is 102 Å². The van der Waals surface area contributed by atoms with Crippen LogP contribution in [0.2, 0.25) is 0 Å². The minimum absolute atomic E-state index is 0.0218. The number of likely N-dealkylation sites (tertiary alicyclic amines) is 1. The Bertz CT molecular complexity index is 504. The summed E-state index contributed by atoms with van der Waals surface area (Å²) in [6.07, 6.45) is 2.02. The summed E-state index contributed by atoms with van der Waals surface area (Å²) in [6, 6.07) is 0.233. The van der Waals surface area contributed by atoms with E-state index in [0.717, 1.165) is 32.5 Å². The first-order valence-corrected chi connectivity index (χ1v) is 8.84. The van der Waals surface area contributed by atoms with Gasteiger partial charge in [-0.2, -0.15) is 0 Å². The monoisotopic (exact) mass is 337 g/mol. The number of amides is 4. The van der Waals surface area contributed by atoms with Gasteiger partial charge in [0.15, 0.2) is 0 Å². The zero-order valence-corrected chi connectivity index (χ0v) is 14.4. The van der Waals surface area contributed by atoms with Crippen LogP contribution < -0.4 is 5.32 Å². The minimum atomic E-state index is 0.0218. The van der Waals surface area contributed by atoms with Crippen LogP contribution in [0.3, 0.4) is 0 Å². The molecule has 3 fully saturated rings. The van der Waals surface area contributed by atoms with Crippen LogP contribution in [0, 0.1) is 0 Å². The first-order chi connectivity index (χ1) is 11.5. The average Bonchev–Trinajstić information content (AvgIpc) is 3.01. The normalized spacial score (nSPS) is 25.8. The average molecular weight is 337 g/mol. The Kier molecular flexibility index (Phi) is 5.23. The van der Waals surface area contributed by atoms with Gasteiger partial charge >= 0.3 is 6.03 Å². The Morgan fingerprint density at radius 1 is 1.08 bits per heavy atom. The van der Waals surface area contributed by atoms with Gasteiger partial charge in [-0.05, 0) is 19.4 Å². The van der Waals surface area contributed by atoms with Gasteiger partial charge in [-0.1, -0.05) is 0 Å². The first kappa shape index (κ1) is 17.0. The van der Waals surface area contributed by atoms with E-state index in [1.165, 1.54) is 0 Å². The lowest BCUT2D eigenvalue weighted by Crippen LogP contribution is -2.54. The highest BCUT2D eigenvalue weighted by Crippen LogP contribution is 2.18. The van der Waals surface area contributed by atoms with E-state index >= 15 is 0 Å². The topological polar surface area (TPSA) is 76.2 Å².